The number of likely N-dealkylation sites (tertiary alicyclic amines) is 1. The van der Waals surface area contributed by atoms with Crippen molar-refractivity contribution in [1.29, 1.82) is 0 Å². The number of H-pyrrole nitrogens is 1. The second kappa shape index (κ2) is 5.49. The SMILES string of the molecule is O=C(c1cccs1)N1CCC(c2[nH]nc3nccnc23)CC1. The molecule has 3 aromatic rings. The lowest BCUT2D eigenvalue weighted by molar-refractivity contribution is 0.0717. The fraction of sp³-hybridized carbons (Fsp3) is 0.333. The van der Waals surface area contributed by atoms with Gasteiger partial charge in [0.15, 0.2) is 5.65 Å². The Morgan fingerprint density at radius 1 is 1.27 bits per heavy atom. The molecule has 1 amide bonds. The number of hydrogen-bond donors (Lipinski definition) is 1. The van der Waals surface area contributed by atoms with Crippen LogP contribution in [0.5, 0.6) is 0 Å². The van der Waals surface area contributed by atoms with Gasteiger partial charge in [0.05, 0.1) is 10.6 Å². The van der Waals surface area contributed by atoms with E-state index < -0.39 is 0 Å². The molecule has 0 aromatic carbocycles. The minimum absolute atomic E-state index is 0.141. The summed E-state index contributed by atoms with van der Waals surface area (Å²) in [6.07, 6.45) is 5.18. The Bertz CT molecular complexity index is 789. The molecule has 1 fully saturated rings. The number of rotatable bonds is 2. The van der Waals surface area contributed by atoms with Crippen molar-refractivity contribution in [2.75, 3.05) is 13.1 Å². The molecular weight excluding hydrogens is 298 g/mol. The molecule has 4 rings (SSSR count). The Balaban J connectivity index is 1.49. The van der Waals surface area contributed by atoms with Crippen molar-refractivity contribution in [3.05, 3.63) is 40.5 Å². The molecule has 0 aliphatic carbocycles. The number of aromatic amines is 1. The molecule has 6 nitrogen and oxygen atoms in total. The molecule has 0 radical (unpaired) electrons. The Labute approximate surface area is 131 Å². The second-order valence-electron chi connectivity index (χ2n) is 5.41. The lowest BCUT2D eigenvalue weighted by atomic mass is 9.93. The highest BCUT2D eigenvalue weighted by atomic mass is 32.1. The molecule has 7 heteroatoms. The minimum Gasteiger partial charge on any atom is -0.338 e. The Morgan fingerprint density at radius 2 is 2.09 bits per heavy atom. The van der Waals surface area contributed by atoms with Crippen molar-refractivity contribution in [1.82, 2.24) is 25.1 Å². The average molecular weight is 313 g/mol. The van der Waals surface area contributed by atoms with E-state index in [0.717, 1.165) is 42.0 Å². The smallest absolute Gasteiger partial charge is 0.263 e. The summed E-state index contributed by atoms with van der Waals surface area (Å²) in [6.45, 7) is 1.53. The molecule has 1 aliphatic heterocycles. The molecule has 4 heterocycles. The zero-order valence-corrected chi connectivity index (χ0v) is 12.7. The minimum atomic E-state index is 0.141. The van der Waals surface area contributed by atoms with Gasteiger partial charge in [-0.1, -0.05) is 6.07 Å². The maximum absolute atomic E-state index is 12.4. The van der Waals surface area contributed by atoms with E-state index in [2.05, 4.69) is 20.2 Å². The lowest BCUT2D eigenvalue weighted by Crippen LogP contribution is -2.37. The molecule has 3 aromatic heterocycles. The number of nitrogens with zero attached hydrogens (tertiary/aromatic N) is 4. The van der Waals surface area contributed by atoms with Gasteiger partial charge in [-0.25, -0.2) is 9.97 Å². The zero-order valence-electron chi connectivity index (χ0n) is 11.9. The molecule has 1 N–H and O–H groups in total. The van der Waals surface area contributed by atoms with Gasteiger partial charge in [-0.15, -0.1) is 11.3 Å². The first-order chi connectivity index (χ1) is 10.8. The molecule has 0 unspecified atom stereocenters. The number of carbonyl (C=O) groups excluding carboxylic acids is 1. The van der Waals surface area contributed by atoms with Crippen LogP contribution in [0.1, 0.15) is 34.1 Å². The van der Waals surface area contributed by atoms with Gasteiger partial charge in [0.1, 0.15) is 5.52 Å². The zero-order chi connectivity index (χ0) is 14.9. The fourth-order valence-electron chi connectivity index (χ4n) is 2.98. The first kappa shape index (κ1) is 13.4. The summed E-state index contributed by atoms with van der Waals surface area (Å²) in [4.78, 5) is 23.7. The van der Waals surface area contributed by atoms with Crippen molar-refractivity contribution in [3.8, 4) is 0 Å². The van der Waals surface area contributed by atoms with E-state index in [-0.39, 0.29) is 5.91 Å². The monoisotopic (exact) mass is 313 g/mol. The highest BCUT2D eigenvalue weighted by molar-refractivity contribution is 7.12. The van der Waals surface area contributed by atoms with Gasteiger partial charge in [-0.05, 0) is 24.3 Å². The number of fused-ring (bicyclic) bond motifs is 1. The van der Waals surface area contributed by atoms with E-state index in [0.29, 0.717) is 11.6 Å². The molecule has 0 atom stereocenters. The van der Waals surface area contributed by atoms with Crippen LogP contribution in [0.15, 0.2) is 29.9 Å². The number of aromatic nitrogens is 4. The van der Waals surface area contributed by atoms with Crippen LogP contribution in [0.2, 0.25) is 0 Å². The summed E-state index contributed by atoms with van der Waals surface area (Å²) >= 11 is 1.50. The van der Waals surface area contributed by atoms with Gasteiger partial charge in [-0.2, -0.15) is 5.10 Å². The fourth-order valence-corrected chi connectivity index (χ4v) is 3.67. The number of amides is 1. The third kappa shape index (κ3) is 2.27. The summed E-state index contributed by atoms with van der Waals surface area (Å²) < 4.78 is 0. The van der Waals surface area contributed by atoms with Crippen LogP contribution in [0.4, 0.5) is 0 Å². The standard InChI is InChI=1S/C15H15N5OS/c21-15(11-2-1-9-22-11)20-7-3-10(4-8-20)12-13-14(19-18-12)17-6-5-16-13/h1-2,5-6,9-10H,3-4,7-8H2,(H,17,18,19). The number of piperidine rings is 1. The summed E-state index contributed by atoms with van der Waals surface area (Å²) in [5, 5.41) is 9.23. The first-order valence-corrected chi connectivity index (χ1v) is 8.18. The largest absolute Gasteiger partial charge is 0.338 e. The molecule has 112 valence electrons. The average Bonchev–Trinajstić information content (AvgIpc) is 3.24. The van der Waals surface area contributed by atoms with Crippen molar-refractivity contribution in [3.63, 3.8) is 0 Å². The predicted molar refractivity (Wildman–Crippen MR) is 83.9 cm³/mol. The van der Waals surface area contributed by atoms with Crippen LogP contribution in [0, 0.1) is 0 Å². The number of thiophene rings is 1. The summed E-state index contributed by atoms with van der Waals surface area (Å²) in [7, 11) is 0. The van der Waals surface area contributed by atoms with E-state index in [1.54, 1.807) is 12.4 Å². The predicted octanol–water partition coefficient (Wildman–Crippen LogP) is 2.43. The van der Waals surface area contributed by atoms with E-state index >= 15 is 0 Å². The van der Waals surface area contributed by atoms with Gasteiger partial charge in [0.25, 0.3) is 5.91 Å². The van der Waals surface area contributed by atoms with E-state index in [9.17, 15) is 4.79 Å². The molecule has 22 heavy (non-hydrogen) atoms. The topological polar surface area (TPSA) is 74.8 Å². The molecule has 1 aliphatic rings. The quantitative estimate of drug-likeness (QED) is 0.788. The van der Waals surface area contributed by atoms with E-state index in [1.165, 1.54) is 11.3 Å². The van der Waals surface area contributed by atoms with Crippen LogP contribution in [-0.2, 0) is 0 Å². The third-order valence-corrected chi connectivity index (χ3v) is 5.00. The molecular formula is C15H15N5OS. The van der Waals surface area contributed by atoms with Crippen molar-refractivity contribution in [2.45, 2.75) is 18.8 Å². The third-order valence-electron chi connectivity index (χ3n) is 4.14. The van der Waals surface area contributed by atoms with Crippen LogP contribution >= 0.6 is 11.3 Å². The lowest BCUT2D eigenvalue weighted by Gasteiger charge is -2.31. The van der Waals surface area contributed by atoms with Gasteiger partial charge in [0, 0.05) is 31.4 Å². The number of carbonyl (C=O) groups is 1. The molecule has 0 bridgehead atoms. The van der Waals surface area contributed by atoms with Gasteiger partial charge >= 0.3 is 0 Å². The van der Waals surface area contributed by atoms with Crippen molar-refractivity contribution in [2.24, 2.45) is 0 Å². The normalized spacial score (nSPS) is 16.3. The van der Waals surface area contributed by atoms with Crippen LogP contribution < -0.4 is 0 Å². The second-order valence-corrected chi connectivity index (χ2v) is 6.36. The van der Waals surface area contributed by atoms with E-state index in [4.69, 9.17) is 0 Å². The van der Waals surface area contributed by atoms with Gasteiger partial charge in [0.2, 0.25) is 0 Å². The first-order valence-electron chi connectivity index (χ1n) is 7.30. The maximum Gasteiger partial charge on any atom is 0.263 e. The van der Waals surface area contributed by atoms with Crippen LogP contribution in [0.3, 0.4) is 0 Å². The number of nitrogens with one attached hydrogen (secondary N) is 1. The van der Waals surface area contributed by atoms with Crippen molar-refractivity contribution < 1.29 is 4.79 Å². The maximum atomic E-state index is 12.4. The highest BCUT2D eigenvalue weighted by Crippen LogP contribution is 2.30. The molecule has 1 saturated heterocycles. The van der Waals surface area contributed by atoms with Crippen molar-refractivity contribution >= 4 is 28.4 Å². The Kier molecular flexibility index (Phi) is 3.34. The summed E-state index contributed by atoms with van der Waals surface area (Å²) in [6, 6.07) is 3.80. The van der Waals surface area contributed by atoms with Gasteiger partial charge in [-0.3, -0.25) is 9.89 Å². The Hall–Kier alpha value is -2.28. The van der Waals surface area contributed by atoms with Crippen LogP contribution in [0.25, 0.3) is 11.2 Å². The molecule has 0 saturated carbocycles. The Morgan fingerprint density at radius 3 is 2.86 bits per heavy atom. The van der Waals surface area contributed by atoms with Gasteiger partial charge < -0.3 is 4.90 Å². The van der Waals surface area contributed by atoms with Crippen LogP contribution in [-0.4, -0.2) is 44.1 Å². The highest BCUT2D eigenvalue weighted by Gasteiger charge is 2.27. The number of hydrogen-bond acceptors (Lipinski definition) is 5. The molecule has 0 spiro atoms. The summed E-state index contributed by atoms with van der Waals surface area (Å²) in [5.74, 6) is 0.497. The van der Waals surface area contributed by atoms with E-state index in [1.807, 2.05) is 22.4 Å². The summed E-state index contributed by atoms with van der Waals surface area (Å²) in [5.41, 5.74) is 2.56.